The van der Waals surface area contributed by atoms with Crippen LogP contribution in [-0.2, 0) is 20.8 Å². The second-order valence-corrected chi connectivity index (χ2v) is 7.27. The van der Waals surface area contributed by atoms with Gasteiger partial charge in [-0.05, 0) is 18.1 Å². The van der Waals surface area contributed by atoms with Gasteiger partial charge in [0.2, 0.25) is 6.61 Å². The van der Waals surface area contributed by atoms with Crippen LogP contribution in [-0.4, -0.2) is 57.4 Å². The Bertz CT molecular complexity index is 1020. The van der Waals surface area contributed by atoms with Crippen LogP contribution in [0.1, 0.15) is 28.0 Å². The Morgan fingerprint density at radius 2 is 2.13 bits per heavy atom. The molecule has 156 valence electrons. The van der Waals surface area contributed by atoms with Crippen molar-refractivity contribution < 1.29 is 39.1 Å². The fourth-order valence-electron chi connectivity index (χ4n) is 2.95. The summed E-state index contributed by atoms with van der Waals surface area (Å²) in [6.45, 7) is -0.753. The van der Waals surface area contributed by atoms with Crippen LogP contribution in [0.25, 0.3) is 0 Å². The summed E-state index contributed by atoms with van der Waals surface area (Å²) in [4.78, 5) is 43.5. The van der Waals surface area contributed by atoms with E-state index in [9.17, 15) is 24.5 Å². The number of Topliss-reactive ketones (excluding diaryl/α,β-unsaturated/α-hetero) is 1. The molecule has 30 heavy (non-hydrogen) atoms. The van der Waals surface area contributed by atoms with Gasteiger partial charge in [-0.1, -0.05) is 17.3 Å². The van der Waals surface area contributed by atoms with Gasteiger partial charge >= 0.3 is 19.1 Å². The third kappa shape index (κ3) is 4.75. The highest BCUT2D eigenvalue weighted by Gasteiger charge is 2.38. The number of benzene rings is 1. The third-order valence-corrected chi connectivity index (χ3v) is 4.94. The van der Waals surface area contributed by atoms with Crippen molar-refractivity contribution in [3.05, 3.63) is 40.4 Å². The maximum atomic E-state index is 12.8. The third-order valence-electron chi connectivity index (χ3n) is 4.27. The van der Waals surface area contributed by atoms with E-state index in [1.54, 1.807) is 12.1 Å². The molecule has 0 saturated carbocycles. The lowest BCUT2D eigenvalue weighted by molar-refractivity contribution is -0.142. The first-order valence-electron chi connectivity index (χ1n) is 8.62. The molecule has 1 aliphatic rings. The standard InChI is InChI=1S/C17H16BN3O8S/c19-17-20-11(7-30-17)14(21-28-6-13(23)24)12(22)5-9-4-8-2-1-3-10(16(25)26)15(8)29-18(9)27/h1-3,7,9,27H,4-6H2,(H2,19,20)(H,23,24)(H,25,26)/b21-14-/t9-/m1/s1. The van der Waals surface area contributed by atoms with Crippen LogP contribution < -0.4 is 10.4 Å². The molecule has 2 aromatic rings. The summed E-state index contributed by atoms with van der Waals surface area (Å²) in [5.41, 5.74) is 5.93. The van der Waals surface area contributed by atoms with Gasteiger partial charge in [-0.25, -0.2) is 14.6 Å². The number of carboxylic acids is 2. The number of nitrogens with zero attached hydrogens (tertiary/aromatic N) is 2. The van der Waals surface area contributed by atoms with Crippen LogP contribution in [0.3, 0.4) is 0 Å². The number of nitrogens with two attached hydrogens (primary N) is 1. The molecule has 0 spiro atoms. The molecule has 2 heterocycles. The molecule has 0 radical (unpaired) electrons. The van der Waals surface area contributed by atoms with Crippen LogP contribution in [0.15, 0.2) is 28.7 Å². The van der Waals surface area contributed by atoms with Crippen molar-refractivity contribution in [3.63, 3.8) is 0 Å². The number of thiazole rings is 1. The largest absolute Gasteiger partial charge is 0.535 e. The summed E-state index contributed by atoms with van der Waals surface area (Å²) < 4.78 is 5.38. The zero-order valence-electron chi connectivity index (χ0n) is 15.3. The molecular weight excluding hydrogens is 417 g/mol. The number of carboxylic acid groups (broad SMARTS) is 2. The summed E-state index contributed by atoms with van der Waals surface area (Å²) in [6, 6.07) is 4.56. The van der Waals surface area contributed by atoms with Crippen molar-refractivity contribution in [2.75, 3.05) is 12.3 Å². The topological polar surface area (TPSA) is 182 Å². The maximum absolute atomic E-state index is 12.8. The van der Waals surface area contributed by atoms with Crippen molar-refractivity contribution in [2.45, 2.75) is 18.7 Å². The quantitative estimate of drug-likeness (QED) is 0.262. The normalized spacial score (nSPS) is 15.8. The number of hydrogen-bond donors (Lipinski definition) is 4. The first-order chi connectivity index (χ1) is 14.3. The van der Waals surface area contributed by atoms with Crippen molar-refractivity contribution in [1.29, 1.82) is 0 Å². The maximum Gasteiger partial charge on any atom is 0.526 e. The number of aromatic nitrogens is 1. The van der Waals surface area contributed by atoms with Gasteiger partial charge < -0.3 is 30.5 Å². The number of carbonyl (C=O) groups excluding carboxylic acids is 1. The lowest BCUT2D eigenvalue weighted by Gasteiger charge is -2.27. The average Bonchev–Trinajstić information content (AvgIpc) is 3.10. The second-order valence-electron chi connectivity index (χ2n) is 6.38. The minimum absolute atomic E-state index is 0.0622. The highest BCUT2D eigenvalue weighted by Crippen LogP contribution is 2.36. The van der Waals surface area contributed by atoms with Gasteiger partial charge in [-0.15, -0.1) is 11.3 Å². The summed E-state index contributed by atoms with van der Waals surface area (Å²) >= 11 is 1.06. The van der Waals surface area contributed by atoms with Gasteiger partial charge in [0.15, 0.2) is 16.6 Å². The number of rotatable bonds is 8. The summed E-state index contributed by atoms with van der Waals surface area (Å²) in [5, 5.41) is 33.5. The number of carbonyl (C=O) groups is 3. The molecule has 0 bridgehead atoms. The fraction of sp³-hybridized carbons (Fsp3) is 0.235. The molecular formula is C17H16BN3O8S. The van der Waals surface area contributed by atoms with Crippen LogP contribution >= 0.6 is 11.3 Å². The number of ketones is 1. The molecule has 0 aliphatic carbocycles. The molecule has 1 aromatic heterocycles. The molecule has 11 nitrogen and oxygen atoms in total. The van der Waals surface area contributed by atoms with Crippen LogP contribution in [0.2, 0.25) is 5.82 Å². The van der Waals surface area contributed by atoms with Crippen molar-refractivity contribution in [3.8, 4) is 5.75 Å². The highest BCUT2D eigenvalue weighted by atomic mass is 32.1. The lowest BCUT2D eigenvalue weighted by atomic mass is 9.64. The van der Waals surface area contributed by atoms with E-state index in [0.29, 0.717) is 5.56 Å². The van der Waals surface area contributed by atoms with Crippen molar-refractivity contribution in [2.24, 2.45) is 5.16 Å². The van der Waals surface area contributed by atoms with E-state index in [-0.39, 0.29) is 40.7 Å². The average molecular weight is 433 g/mol. The molecule has 1 aliphatic heterocycles. The zero-order chi connectivity index (χ0) is 21.8. The molecule has 0 saturated heterocycles. The highest BCUT2D eigenvalue weighted by molar-refractivity contribution is 7.13. The Balaban J connectivity index is 1.81. The molecule has 1 aromatic carbocycles. The second kappa shape index (κ2) is 8.92. The van der Waals surface area contributed by atoms with Crippen molar-refractivity contribution >= 4 is 47.0 Å². The van der Waals surface area contributed by atoms with Gasteiger partial charge in [-0.2, -0.15) is 0 Å². The predicted octanol–water partition coefficient (Wildman–Crippen LogP) is 0.674. The Morgan fingerprint density at radius 1 is 1.37 bits per heavy atom. The first-order valence-corrected chi connectivity index (χ1v) is 9.50. The van der Waals surface area contributed by atoms with Crippen LogP contribution in [0.5, 0.6) is 5.75 Å². The van der Waals surface area contributed by atoms with Crippen LogP contribution in [0, 0.1) is 0 Å². The van der Waals surface area contributed by atoms with Crippen LogP contribution in [0.4, 0.5) is 5.13 Å². The van der Waals surface area contributed by atoms with E-state index >= 15 is 0 Å². The van der Waals surface area contributed by atoms with Gasteiger partial charge in [-0.3, -0.25) is 4.79 Å². The van der Waals surface area contributed by atoms with E-state index in [1.165, 1.54) is 11.4 Å². The Kier molecular flexibility index (Phi) is 6.33. The number of aromatic carboxylic acids is 1. The van der Waals surface area contributed by atoms with Gasteiger partial charge in [0, 0.05) is 17.6 Å². The minimum Gasteiger partial charge on any atom is -0.535 e. The lowest BCUT2D eigenvalue weighted by Crippen LogP contribution is -2.37. The van der Waals surface area contributed by atoms with Gasteiger partial charge in [0.05, 0.1) is 5.56 Å². The molecule has 13 heteroatoms. The van der Waals surface area contributed by atoms with Gasteiger partial charge in [0.25, 0.3) is 0 Å². The number of nitrogen functional groups attached to an aromatic ring is 1. The Hall–Kier alpha value is -3.45. The van der Waals surface area contributed by atoms with E-state index in [0.717, 1.165) is 11.3 Å². The number of fused-ring (bicyclic) bond motifs is 1. The fourth-order valence-corrected chi connectivity index (χ4v) is 3.50. The summed E-state index contributed by atoms with van der Waals surface area (Å²) in [5.74, 6) is -3.68. The number of para-hydroxylation sites is 1. The zero-order valence-corrected chi connectivity index (χ0v) is 16.2. The molecule has 1 atom stereocenters. The Labute approximate surface area is 173 Å². The molecule has 0 amide bonds. The molecule has 5 N–H and O–H groups in total. The van der Waals surface area contributed by atoms with Crippen molar-refractivity contribution in [1.82, 2.24) is 4.98 Å². The van der Waals surface area contributed by atoms with E-state index in [1.807, 2.05) is 0 Å². The molecule has 3 rings (SSSR count). The summed E-state index contributed by atoms with van der Waals surface area (Å²) in [6.07, 6.45) is -0.0452. The number of aliphatic carboxylic acids is 1. The SMILES string of the molecule is Nc1nc(/C(=N/OCC(=O)O)C(=O)C[C@H]2Cc3cccc(C(=O)O)c3OB2O)cs1. The smallest absolute Gasteiger partial charge is 0.526 e. The number of anilines is 1. The minimum atomic E-state index is -1.43. The van der Waals surface area contributed by atoms with E-state index in [2.05, 4.69) is 15.0 Å². The monoisotopic (exact) mass is 433 g/mol. The molecule has 0 unspecified atom stereocenters. The number of oxime groups is 1. The summed E-state index contributed by atoms with van der Waals surface area (Å²) in [7, 11) is -1.43. The number of hydrogen-bond acceptors (Lipinski definition) is 10. The van der Waals surface area contributed by atoms with Gasteiger partial charge in [0.1, 0.15) is 11.4 Å². The van der Waals surface area contributed by atoms with E-state index in [4.69, 9.17) is 15.5 Å². The van der Waals surface area contributed by atoms with E-state index < -0.39 is 37.3 Å². The predicted molar refractivity (Wildman–Crippen MR) is 106 cm³/mol. The Morgan fingerprint density at radius 3 is 2.77 bits per heavy atom. The molecule has 0 fully saturated rings. The first kappa shape index (κ1) is 21.3.